The molecule has 8 rings (SSSR count). The van der Waals surface area contributed by atoms with Gasteiger partial charge in [0.1, 0.15) is 30.0 Å². The van der Waals surface area contributed by atoms with E-state index in [-0.39, 0.29) is 5.91 Å². The molecular formula is C34H35N7O4. The molecule has 11 nitrogen and oxygen atoms in total. The van der Waals surface area contributed by atoms with Crippen LogP contribution in [0.25, 0.3) is 16.6 Å². The highest BCUT2D eigenvalue weighted by atomic mass is 16.5. The van der Waals surface area contributed by atoms with Crippen molar-refractivity contribution in [2.75, 3.05) is 64.5 Å². The van der Waals surface area contributed by atoms with Gasteiger partial charge in [-0.3, -0.25) is 9.69 Å². The van der Waals surface area contributed by atoms with E-state index in [4.69, 9.17) is 19.2 Å². The Kier molecular flexibility index (Phi) is 7.03. The molecule has 4 aliphatic heterocycles. The Morgan fingerprint density at radius 2 is 1.87 bits per heavy atom. The smallest absolute Gasteiger partial charge is 0.253 e. The largest absolute Gasteiger partial charge is 0.497 e. The zero-order valence-electron chi connectivity index (χ0n) is 25.2. The van der Waals surface area contributed by atoms with Gasteiger partial charge in [0.15, 0.2) is 0 Å². The first-order valence-corrected chi connectivity index (χ1v) is 15.6. The molecule has 4 aliphatic rings. The normalized spacial score (nSPS) is 23.9. The third-order valence-corrected chi connectivity index (χ3v) is 9.86. The summed E-state index contributed by atoms with van der Waals surface area (Å²) in [4.78, 5) is 24.7. The average Bonchev–Trinajstić information content (AvgIpc) is 3.91. The van der Waals surface area contributed by atoms with Crippen LogP contribution in [0, 0.1) is 23.2 Å². The number of amides is 1. The lowest BCUT2D eigenvalue weighted by Gasteiger charge is -2.26. The van der Waals surface area contributed by atoms with Crippen molar-refractivity contribution in [2.24, 2.45) is 11.8 Å². The van der Waals surface area contributed by atoms with Crippen LogP contribution in [0.5, 0.6) is 11.5 Å². The van der Waals surface area contributed by atoms with Crippen molar-refractivity contribution in [1.82, 2.24) is 24.4 Å². The van der Waals surface area contributed by atoms with Gasteiger partial charge in [0.25, 0.3) is 5.91 Å². The molecule has 4 saturated heterocycles. The summed E-state index contributed by atoms with van der Waals surface area (Å²) in [6, 6.07) is 16.2. The SMILES string of the molecule is COc1ccc(C(=O)N2CC3CN(c4ccc(-c5cc(OCCN6C[C@@H]7C[C@H]6CO7)cn6ncc(C#N)c56)cn4)CC3C2)cc1. The number of ether oxygens (including phenoxy) is 3. The second-order valence-corrected chi connectivity index (χ2v) is 12.5. The number of morpholine rings is 1. The molecule has 1 aromatic carbocycles. The quantitative estimate of drug-likeness (QED) is 0.299. The zero-order valence-corrected chi connectivity index (χ0v) is 25.2. The number of fused-ring (bicyclic) bond motifs is 4. The number of hydrogen-bond donors (Lipinski definition) is 0. The van der Waals surface area contributed by atoms with Gasteiger partial charge in [-0.25, -0.2) is 9.50 Å². The van der Waals surface area contributed by atoms with Crippen molar-refractivity contribution in [1.29, 1.82) is 5.26 Å². The summed E-state index contributed by atoms with van der Waals surface area (Å²) >= 11 is 0. The number of rotatable bonds is 8. The van der Waals surface area contributed by atoms with E-state index in [2.05, 4.69) is 27.0 Å². The number of hydrogen-bond acceptors (Lipinski definition) is 9. The summed E-state index contributed by atoms with van der Waals surface area (Å²) in [5.74, 6) is 3.27. The van der Waals surface area contributed by atoms with Crippen LogP contribution in [0.2, 0.25) is 0 Å². The van der Waals surface area contributed by atoms with Gasteiger partial charge in [0.05, 0.1) is 43.3 Å². The molecule has 45 heavy (non-hydrogen) atoms. The van der Waals surface area contributed by atoms with Crippen LogP contribution >= 0.6 is 0 Å². The number of methoxy groups -OCH3 is 1. The van der Waals surface area contributed by atoms with Gasteiger partial charge in [-0.05, 0) is 48.9 Å². The summed E-state index contributed by atoms with van der Waals surface area (Å²) in [5, 5.41) is 14.2. The summed E-state index contributed by atoms with van der Waals surface area (Å²) < 4.78 is 18.9. The molecule has 0 N–H and O–H groups in total. The molecular weight excluding hydrogens is 570 g/mol. The number of aromatic nitrogens is 3. The van der Waals surface area contributed by atoms with Crippen LogP contribution in [-0.4, -0.2) is 102 Å². The molecule has 0 spiro atoms. The third kappa shape index (κ3) is 5.14. The van der Waals surface area contributed by atoms with Gasteiger partial charge >= 0.3 is 0 Å². The molecule has 2 unspecified atom stereocenters. The van der Waals surface area contributed by atoms with Crippen molar-refractivity contribution in [3.63, 3.8) is 0 Å². The molecule has 4 aromatic rings. The van der Waals surface area contributed by atoms with Crippen molar-refractivity contribution in [3.8, 4) is 28.7 Å². The Morgan fingerprint density at radius 1 is 1.04 bits per heavy atom. The number of nitrogens with zero attached hydrogens (tertiary/aromatic N) is 7. The van der Waals surface area contributed by atoms with Crippen LogP contribution in [0.4, 0.5) is 5.82 Å². The minimum Gasteiger partial charge on any atom is -0.497 e. The summed E-state index contributed by atoms with van der Waals surface area (Å²) in [5.41, 5.74) is 3.70. The highest BCUT2D eigenvalue weighted by molar-refractivity contribution is 5.94. The Labute approximate surface area is 261 Å². The molecule has 11 heteroatoms. The minimum absolute atomic E-state index is 0.0767. The lowest BCUT2D eigenvalue weighted by Crippen LogP contribution is -2.39. The maximum Gasteiger partial charge on any atom is 0.253 e. The predicted molar refractivity (Wildman–Crippen MR) is 166 cm³/mol. The molecule has 7 heterocycles. The lowest BCUT2D eigenvalue weighted by atomic mass is 10.0. The second kappa shape index (κ2) is 11.4. The molecule has 1 amide bonds. The molecule has 0 saturated carbocycles. The first-order valence-electron chi connectivity index (χ1n) is 15.6. The number of carbonyl (C=O) groups excluding carboxylic acids is 1. The van der Waals surface area contributed by atoms with E-state index in [1.807, 2.05) is 53.7 Å². The van der Waals surface area contributed by atoms with Gasteiger partial charge in [-0.1, -0.05) is 0 Å². The van der Waals surface area contributed by atoms with Crippen molar-refractivity contribution in [2.45, 2.75) is 18.6 Å². The Bertz CT molecular complexity index is 1750. The lowest BCUT2D eigenvalue weighted by molar-refractivity contribution is 0.0258. The van der Waals surface area contributed by atoms with Gasteiger partial charge in [-0.2, -0.15) is 10.4 Å². The number of pyridine rings is 2. The first-order chi connectivity index (χ1) is 22.1. The van der Waals surface area contributed by atoms with Gasteiger partial charge in [-0.15, -0.1) is 0 Å². The Morgan fingerprint density at radius 3 is 2.53 bits per heavy atom. The van der Waals surface area contributed by atoms with E-state index in [0.717, 1.165) is 80.5 Å². The Balaban J connectivity index is 0.946. The molecule has 230 valence electrons. The number of carbonyl (C=O) groups is 1. The fraction of sp³-hybridized carbons (Fsp3) is 0.412. The second-order valence-electron chi connectivity index (χ2n) is 12.5. The predicted octanol–water partition coefficient (Wildman–Crippen LogP) is 3.34. The van der Waals surface area contributed by atoms with Crippen molar-refractivity contribution in [3.05, 3.63) is 72.2 Å². The number of benzene rings is 1. The third-order valence-electron chi connectivity index (χ3n) is 9.86. The van der Waals surface area contributed by atoms with Crippen LogP contribution in [-0.2, 0) is 4.74 Å². The van der Waals surface area contributed by atoms with Crippen LogP contribution in [0.15, 0.2) is 61.1 Å². The summed E-state index contributed by atoms with van der Waals surface area (Å²) in [7, 11) is 1.62. The molecule has 4 atom stereocenters. The summed E-state index contributed by atoms with van der Waals surface area (Å²) in [6.07, 6.45) is 6.79. The highest BCUT2D eigenvalue weighted by Crippen LogP contribution is 2.36. The molecule has 4 fully saturated rings. The van der Waals surface area contributed by atoms with Crippen LogP contribution in [0.1, 0.15) is 22.3 Å². The van der Waals surface area contributed by atoms with E-state index in [0.29, 0.717) is 47.5 Å². The number of likely N-dealkylation sites (tertiary alicyclic amines) is 2. The van der Waals surface area contributed by atoms with Crippen molar-refractivity contribution < 1.29 is 19.0 Å². The van der Waals surface area contributed by atoms with Gasteiger partial charge in [0, 0.05) is 80.0 Å². The van der Waals surface area contributed by atoms with E-state index < -0.39 is 0 Å². The fourth-order valence-corrected chi connectivity index (χ4v) is 7.51. The van der Waals surface area contributed by atoms with E-state index in [1.165, 1.54) is 0 Å². The van der Waals surface area contributed by atoms with Gasteiger partial charge in [0.2, 0.25) is 0 Å². The van der Waals surface area contributed by atoms with E-state index >= 15 is 0 Å². The average molecular weight is 606 g/mol. The van der Waals surface area contributed by atoms with Crippen LogP contribution < -0.4 is 14.4 Å². The monoisotopic (exact) mass is 605 g/mol. The maximum atomic E-state index is 13.1. The van der Waals surface area contributed by atoms with Crippen LogP contribution in [0.3, 0.4) is 0 Å². The van der Waals surface area contributed by atoms with Gasteiger partial charge < -0.3 is 24.0 Å². The zero-order chi connectivity index (χ0) is 30.5. The number of nitriles is 1. The van der Waals surface area contributed by atoms with E-state index in [9.17, 15) is 10.1 Å². The van der Waals surface area contributed by atoms with E-state index in [1.54, 1.807) is 17.8 Å². The first kappa shape index (κ1) is 27.9. The standard InChI is InChI=1S/C34H35N7O4/c1-43-28-5-2-22(3-6-28)34(42)40-17-25-15-39(16-26(25)18-40)32-7-4-23(13-36-32)31-11-30(20-41-33(31)24(12-35)14-37-41)44-9-8-38-19-29-10-27(38)21-45-29/h2-7,11,13-14,20,25-27,29H,8-10,15-19,21H2,1H3/t25?,26?,27-,29-/m0/s1. The summed E-state index contributed by atoms with van der Waals surface area (Å²) in [6.45, 7) is 6.43. The topological polar surface area (TPSA) is 108 Å². The minimum atomic E-state index is 0.0767. The van der Waals surface area contributed by atoms with Crippen molar-refractivity contribution >= 4 is 17.2 Å². The highest BCUT2D eigenvalue weighted by Gasteiger charge is 2.42. The maximum absolute atomic E-state index is 13.1. The molecule has 3 aromatic heterocycles. The molecule has 0 aliphatic carbocycles. The molecule has 2 bridgehead atoms. The Hall–Kier alpha value is -4.66. The molecule has 0 radical (unpaired) electrons. The number of anilines is 1. The fourth-order valence-electron chi connectivity index (χ4n) is 7.51.